The highest BCUT2D eigenvalue weighted by Crippen LogP contribution is 2.32. The lowest BCUT2D eigenvalue weighted by molar-refractivity contribution is -0.384. The van der Waals surface area contributed by atoms with Crippen molar-refractivity contribution in [2.75, 3.05) is 0 Å². The van der Waals surface area contributed by atoms with Gasteiger partial charge in [-0.2, -0.15) is 4.98 Å². The molecule has 10 heteroatoms. The predicted molar refractivity (Wildman–Crippen MR) is 108 cm³/mol. The second-order valence-corrected chi connectivity index (χ2v) is 7.94. The molecule has 150 valence electrons. The van der Waals surface area contributed by atoms with Gasteiger partial charge in [0.05, 0.1) is 22.4 Å². The lowest BCUT2D eigenvalue weighted by atomic mass is 9.85. The number of nitro groups is 1. The molecule has 0 saturated carbocycles. The number of hydrogen-bond acceptors (Lipinski definition) is 8. The third-order valence-corrected chi connectivity index (χ3v) is 5.93. The number of carbonyl (C=O) groups excluding carboxylic acids is 1. The van der Waals surface area contributed by atoms with Crippen molar-refractivity contribution in [2.24, 2.45) is 0 Å². The zero-order chi connectivity index (χ0) is 20.7. The number of thioether (sulfide) groups is 1. The number of ketones is 1. The van der Waals surface area contributed by atoms with Crippen LogP contribution in [0.15, 0.2) is 58.4 Å². The van der Waals surface area contributed by atoms with Crippen molar-refractivity contribution in [3.8, 4) is 0 Å². The fourth-order valence-corrected chi connectivity index (χ4v) is 4.29. The SMILES string of the molecule is O=C1C[C@@H](c2ccco2)Cc2nc3nc(SCc4ccc([N+](=O)[O-])cc4)nn3cc21. The molecule has 5 rings (SSSR count). The van der Waals surface area contributed by atoms with E-state index in [-0.39, 0.29) is 17.4 Å². The first-order chi connectivity index (χ1) is 14.6. The van der Waals surface area contributed by atoms with Crippen molar-refractivity contribution in [1.82, 2.24) is 19.6 Å². The zero-order valence-corrected chi connectivity index (χ0v) is 16.4. The molecule has 0 amide bonds. The molecule has 3 aromatic heterocycles. The average Bonchev–Trinajstić information content (AvgIpc) is 3.40. The Morgan fingerprint density at radius 1 is 1.20 bits per heavy atom. The van der Waals surface area contributed by atoms with Gasteiger partial charge in [-0.1, -0.05) is 23.9 Å². The third kappa shape index (κ3) is 3.45. The number of nitrogens with zero attached hydrogens (tertiary/aromatic N) is 5. The van der Waals surface area contributed by atoms with E-state index in [1.807, 2.05) is 12.1 Å². The van der Waals surface area contributed by atoms with Crippen LogP contribution in [0.25, 0.3) is 5.78 Å². The molecule has 3 heterocycles. The van der Waals surface area contributed by atoms with Gasteiger partial charge >= 0.3 is 0 Å². The monoisotopic (exact) mass is 421 g/mol. The van der Waals surface area contributed by atoms with E-state index in [1.165, 1.54) is 28.4 Å². The number of Topliss-reactive ketones (excluding diaryl/α,β-unsaturated/α-hetero) is 1. The first-order valence-corrected chi connectivity index (χ1v) is 10.2. The number of fused-ring (bicyclic) bond motifs is 2. The number of benzene rings is 1. The van der Waals surface area contributed by atoms with E-state index in [2.05, 4.69) is 15.1 Å². The Bertz CT molecular complexity index is 1250. The van der Waals surface area contributed by atoms with Crippen LogP contribution in [0.5, 0.6) is 0 Å². The summed E-state index contributed by atoms with van der Waals surface area (Å²) in [6.07, 6.45) is 4.30. The van der Waals surface area contributed by atoms with Crippen LogP contribution < -0.4 is 0 Å². The molecule has 0 spiro atoms. The minimum Gasteiger partial charge on any atom is -0.469 e. The van der Waals surface area contributed by atoms with Crippen molar-refractivity contribution in [1.29, 1.82) is 0 Å². The molecule has 4 aromatic rings. The summed E-state index contributed by atoms with van der Waals surface area (Å²) < 4.78 is 7.00. The average molecular weight is 421 g/mol. The van der Waals surface area contributed by atoms with E-state index in [9.17, 15) is 14.9 Å². The molecule has 0 N–H and O–H groups in total. The number of aromatic nitrogens is 4. The van der Waals surface area contributed by atoms with E-state index >= 15 is 0 Å². The summed E-state index contributed by atoms with van der Waals surface area (Å²) in [7, 11) is 0. The number of rotatable bonds is 5. The molecule has 0 saturated heterocycles. The predicted octanol–water partition coefficient (Wildman–Crippen LogP) is 3.83. The summed E-state index contributed by atoms with van der Waals surface area (Å²) in [6.45, 7) is 0. The van der Waals surface area contributed by atoms with Gasteiger partial charge in [0, 0.05) is 42.8 Å². The summed E-state index contributed by atoms with van der Waals surface area (Å²) in [5.74, 6) is 1.79. The standard InChI is InChI=1S/C20H15N5O4S/c26-17-9-13(18-2-1-7-29-18)8-16-15(17)10-24-19(21-16)22-20(23-24)30-11-12-3-5-14(6-4-12)25(27)28/h1-7,10,13H,8-9,11H2/t13-/m0/s1. The largest absolute Gasteiger partial charge is 0.469 e. The third-order valence-electron chi connectivity index (χ3n) is 5.02. The van der Waals surface area contributed by atoms with Gasteiger partial charge in [0.2, 0.25) is 5.16 Å². The van der Waals surface area contributed by atoms with Crippen LogP contribution in [-0.2, 0) is 12.2 Å². The summed E-state index contributed by atoms with van der Waals surface area (Å²) in [6, 6.07) is 10.1. The van der Waals surface area contributed by atoms with E-state index in [0.29, 0.717) is 40.8 Å². The van der Waals surface area contributed by atoms with E-state index in [4.69, 9.17) is 4.42 Å². The van der Waals surface area contributed by atoms with Crippen molar-refractivity contribution in [3.63, 3.8) is 0 Å². The molecule has 0 unspecified atom stereocenters. The smallest absolute Gasteiger partial charge is 0.269 e. The molecule has 0 radical (unpaired) electrons. The Balaban J connectivity index is 1.36. The summed E-state index contributed by atoms with van der Waals surface area (Å²) in [5.41, 5.74) is 2.26. The minimum absolute atomic E-state index is 0.0163. The summed E-state index contributed by atoms with van der Waals surface area (Å²) in [4.78, 5) is 32.0. The van der Waals surface area contributed by atoms with Gasteiger partial charge in [-0.15, -0.1) is 5.10 Å². The van der Waals surface area contributed by atoms with Crippen LogP contribution in [0, 0.1) is 10.1 Å². The highest BCUT2D eigenvalue weighted by Gasteiger charge is 2.30. The van der Waals surface area contributed by atoms with Crippen LogP contribution in [0.2, 0.25) is 0 Å². The first-order valence-electron chi connectivity index (χ1n) is 9.26. The molecule has 0 aliphatic heterocycles. The lowest BCUT2D eigenvalue weighted by Crippen LogP contribution is -2.21. The van der Waals surface area contributed by atoms with Crippen LogP contribution in [-0.4, -0.2) is 30.3 Å². The van der Waals surface area contributed by atoms with Gasteiger partial charge in [0.25, 0.3) is 11.5 Å². The molecule has 1 aliphatic carbocycles. The van der Waals surface area contributed by atoms with Crippen LogP contribution in [0.1, 0.15) is 39.7 Å². The zero-order valence-electron chi connectivity index (χ0n) is 15.6. The number of carbonyl (C=O) groups is 1. The van der Waals surface area contributed by atoms with Crippen LogP contribution in [0.4, 0.5) is 5.69 Å². The maximum absolute atomic E-state index is 12.6. The van der Waals surface area contributed by atoms with Gasteiger partial charge in [0.15, 0.2) is 5.78 Å². The van der Waals surface area contributed by atoms with Crippen molar-refractivity contribution in [3.05, 3.63) is 81.6 Å². The quantitative estimate of drug-likeness (QED) is 0.271. The van der Waals surface area contributed by atoms with Gasteiger partial charge in [-0.3, -0.25) is 14.9 Å². The van der Waals surface area contributed by atoms with Gasteiger partial charge < -0.3 is 4.42 Å². The first kappa shape index (κ1) is 18.5. The van der Waals surface area contributed by atoms with Gasteiger partial charge in [0.1, 0.15) is 5.76 Å². The topological polar surface area (TPSA) is 116 Å². The van der Waals surface area contributed by atoms with Gasteiger partial charge in [-0.25, -0.2) is 9.50 Å². The normalized spacial score (nSPS) is 16.0. The maximum atomic E-state index is 12.6. The molecule has 1 aromatic carbocycles. The van der Waals surface area contributed by atoms with E-state index in [0.717, 1.165) is 11.3 Å². The second-order valence-electron chi connectivity index (χ2n) is 7.00. The summed E-state index contributed by atoms with van der Waals surface area (Å²) >= 11 is 1.40. The molecule has 1 aliphatic rings. The Kier molecular flexibility index (Phi) is 4.55. The fraction of sp³-hybridized carbons (Fsp3) is 0.200. The Morgan fingerprint density at radius 2 is 2.03 bits per heavy atom. The van der Waals surface area contributed by atoms with Crippen molar-refractivity contribution >= 4 is 29.0 Å². The number of furan rings is 1. The number of non-ortho nitro benzene ring substituents is 1. The molecule has 0 bridgehead atoms. The number of nitro benzene ring substituents is 1. The highest BCUT2D eigenvalue weighted by atomic mass is 32.2. The fourth-order valence-electron chi connectivity index (χ4n) is 3.51. The molecular weight excluding hydrogens is 406 g/mol. The molecule has 30 heavy (non-hydrogen) atoms. The molecular formula is C20H15N5O4S. The van der Waals surface area contributed by atoms with Crippen molar-refractivity contribution < 1.29 is 14.1 Å². The number of hydrogen-bond donors (Lipinski definition) is 0. The molecule has 9 nitrogen and oxygen atoms in total. The van der Waals surface area contributed by atoms with E-state index in [1.54, 1.807) is 24.6 Å². The molecule has 1 atom stereocenters. The Hall–Kier alpha value is -3.53. The Labute approximate surface area is 174 Å². The van der Waals surface area contributed by atoms with E-state index < -0.39 is 4.92 Å². The molecule has 0 fully saturated rings. The maximum Gasteiger partial charge on any atom is 0.269 e. The second kappa shape index (κ2) is 7.38. The van der Waals surface area contributed by atoms with Crippen LogP contribution >= 0.6 is 11.8 Å². The van der Waals surface area contributed by atoms with Crippen LogP contribution in [0.3, 0.4) is 0 Å². The van der Waals surface area contributed by atoms with Gasteiger partial charge in [-0.05, 0) is 17.7 Å². The lowest BCUT2D eigenvalue weighted by Gasteiger charge is -2.20. The van der Waals surface area contributed by atoms with Crippen molar-refractivity contribution in [2.45, 2.75) is 29.7 Å². The summed E-state index contributed by atoms with van der Waals surface area (Å²) in [5, 5.41) is 15.7. The Morgan fingerprint density at radius 3 is 2.77 bits per heavy atom. The highest BCUT2D eigenvalue weighted by molar-refractivity contribution is 7.98. The minimum atomic E-state index is -0.425.